The summed E-state index contributed by atoms with van der Waals surface area (Å²) < 4.78 is 5.83. The van der Waals surface area contributed by atoms with Crippen LogP contribution in [0.2, 0.25) is 0 Å². The summed E-state index contributed by atoms with van der Waals surface area (Å²) in [6, 6.07) is 0. The number of hydrogen-bond acceptors (Lipinski definition) is 4. The van der Waals surface area contributed by atoms with Crippen LogP contribution in [0.4, 0.5) is 0 Å². The van der Waals surface area contributed by atoms with Gasteiger partial charge in [0.2, 0.25) is 0 Å². The van der Waals surface area contributed by atoms with Crippen LogP contribution in [-0.2, 0) is 19.1 Å². The summed E-state index contributed by atoms with van der Waals surface area (Å²) in [5.74, 6) is 1.05. The van der Waals surface area contributed by atoms with E-state index in [4.69, 9.17) is 4.74 Å². The Morgan fingerprint density at radius 1 is 1.11 bits per heavy atom. The zero-order valence-corrected chi connectivity index (χ0v) is 17.6. The molecule has 0 aromatic carbocycles. The molecule has 0 aromatic heterocycles. The molecule has 4 rings (SSSR count). The summed E-state index contributed by atoms with van der Waals surface area (Å²) in [5.41, 5.74) is 0.609. The molecule has 0 bridgehead atoms. The summed E-state index contributed by atoms with van der Waals surface area (Å²) in [5, 5.41) is 0. The normalized spacial score (nSPS) is 44.9. The van der Waals surface area contributed by atoms with Crippen LogP contribution >= 0.6 is 0 Å². The number of esters is 1. The fourth-order valence-electron chi connectivity index (χ4n) is 7.63. The van der Waals surface area contributed by atoms with Crippen molar-refractivity contribution in [3.8, 4) is 0 Å². The van der Waals surface area contributed by atoms with E-state index in [1.807, 2.05) is 6.08 Å². The predicted molar refractivity (Wildman–Crippen MR) is 106 cm³/mol. The molecule has 0 saturated heterocycles. The van der Waals surface area contributed by atoms with Gasteiger partial charge in [-0.1, -0.05) is 26.0 Å². The molecule has 4 aliphatic carbocycles. The maximum absolute atomic E-state index is 12.9. The lowest BCUT2D eigenvalue weighted by Crippen LogP contribution is -2.59. The second-order valence-corrected chi connectivity index (χ2v) is 10.1. The van der Waals surface area contributed by atoms with E-state index in [2.05, 4.69) is 20.4 Å². The van der Waals surface area contributed by atoms with Crippen molar-refractivity contribution in [3.63, 3.8) is 0 Å². The number of ether oxygens (including phenoxy) is 1. The standard InChI is InChI=1S/C24H32O4/c1-14-12-21-19-7-6-17-13-18(27)8-10-22(17,4)20(19)9-11-23(21,5)24(14,15(2)25)28-16(3)26/h13,19-21H,1,6-12H2,2-5H3/t19-,20-,21+,22+,23+,24-/m1/s1. The third-order valence-electron chi connectivity index (χ3n) is 8.91. The van der Waals surface area contributed by atoms with Crippen LogP contribution < -0.4 is 0 Å². The van der Waals surface area contributed by atoms with E-state index in [-0.39, 0.29) is 22.9 Å². The highest BCUT2D eigenvalue weighted by Gasteiger charge is 2.69. The fraction of sp³-hybridized carbons (Fsp3) is 0.708. The van der Waals surface area contributed by atoms with E-state index in [9.17, 15) is 14.4 Å². The third-order valence-corrected chi connectivity index (χ3v) is 8.91. The molecule has 0 N–H and O–H groups in total. The van der Waals surface area contributed by atoms with Gasteiger partial charge in [-0.05, 0) is 80.3 Å². The molecule has 0 unspecified atom stereocenters. The highest BCUT2D eigenvalue weighted by atomic mass is 16.6. The lowest BCUT2D eigenvalue weighted by atomic mass is 9.46. The molecule has 0 aromatic rings. The van der Waals surface area contributed by atoms with Crippen molar-refractivity contribution in [2.45, 2.75) is 78.2 Å². The third kappa shape index (κ3) is 2.32. The molecule has 3 fully saturated rings. The Labute approximate surface area is 167 Å². The zero-order valence-electron chi connectivity index (χ0n) is 17.6. The Morgan fingerprint density at radius 2 is 1.82 bits per heavy atom. The van der Waals surface area contributed by atoms with Gasteiger partial charge in [0.1, 0.15) is 0 Å². The number of allylic oxidation sites excluding steroid dienone is 1. The highest BCUT2D eigenvalue weighted by molar-refractivity contribution is 5.93. The number of rotatable bonds is 2. The van der Waals surface area contributed by atoms with E-state index in [0.29, 0.717) is 18.3 Å². The lowest BCUT2D eigenvalue weighted by Gasteiger charge is -2.58. The molecule has 4 aliphatic rings. The van der Waals surface area contributed by atoms with Crippen molar-refractivity contribution in [3.05, 3.63) is 23.8 Å². The lowest BCUT2D eigenvalue weighted by molar-refractivity contribution is -0.181. The minimum atomic E-state index is -1.19. The topological polar surface area (TPSA) is 60.4 Å². The SMILES string of the molecule is C=C1C[C@H]2[C@@H]3CCC4=CC(=O)CC[C@]4(C)[C@@H]3CC[C@]2(C)[C@]1(OC(C)=O)C(C)=O. The van der Waals surface area contributed by atoms with Crippen LogP contribution in [0.3, 0.4) is 0 Å². The van der Waals surface area contributed by atoms with Gasteiger partial charge in [-0.2, -0.15) is 0 Å². The van der Waals surface area contributed by atoms with Crippen molar-refractivity contribution >= 4 is 17.5 Å². The maximum Gasteiger partial charge on any atom is 0.303 e. The molecule has 0 aliphatic heterocycles. The maximum atomic E-state index is 12.9. The number of fused-ring (bicyclic) bond motifs is 5. The number of carbonyl (C=O) groups is 3. The second kappa shape index (κ2) is 6.14. The fourth-order valence-corrected chi connectivity index (χ4v) is 7.63. The molecule has 152 valence electrons. The van der Waals surface area contributed by atoms with Gasteiger partial charge in [-0.15, -0.1) is 0 Å². The van der Waals surface area contributed by atoms with Crippen LogP contribution in [0.25, 0.3) is 0 Å². The minimum Gasteiger partial charge on any atom is -0.446 e. The van der Waals surface area contributed by atoms with E-state index < -0.39 is 17.0 Å². The first kappa shape index (κ1) is 19.6. The molecule has 4 heteroatoms. The Bertz CT molecular complexity index is 807. The first-order valence-electron chi connectivity index (χ1n) is 10.7. The van der Waals surface area contributed by atoms with E-state index in [0.717, 1.165) is 44.1 Å². The van der Waals surface area contributed by atoms with E-state index >= 15 is 0 Å². The van der Waals surface area contributed by atoms with Crippen molar-refractivity contribution in [2.75, 3.05) is 0 Å². The Hall–Kier alpha value is -1.71. The summed E-state index contributed by atoms with van der Waals surface area (Å²) in [7, 11) is 0. The summed E-state index contributed by atoms with van der Waals surface area (Å²) in [6.07, 6.45) is 8.10. The monoisotopic (exact) mass is 384 g/mol. The van der Waals surface area contributed by atoms with E-state index in [1.165, 1.54) is 12.5 Å². The molecular formula is C24H32O4. The number of hydrogen-bond donors (Lipinski definition) is 0. The molecule has 0 radical (unpaired) electrons. The van der Waals surface area contributed by atoms with E-state index in [1.54, 1.807) is 6.92 Å². The molecule has 0 spiro atoms. The van der Waals surface area contributed by atoms with Gasteiger partial charge >= 0.3 is 5.97 Å². The molecular weight excluding hydrogens is 352 g/mol. The first-order chi connectivity index (χ1) is 13.1. The first-order valence-corrected chi connectivity index (χ1v) is 10.7. The summed E-state index contributed by atoms with van der Waals surface area (Å²) >= 11 is 0. The Kier molecular flexibility index (Phi) is 4.30. The van der Waals surface area contributed by atoms with Gasteiger partial charge in [-0.25, -0.2) is 0 Å². The molecule has 3 saturated carbocycles. The number of Topliss-reactive ketones (excluding diaryl/α,β-unsaturated/α-hetero) is 1. The van der Waals surface area contributed by atoms with Gasteiger partial charge in [0.05, 0.1) is 0 Å². The second-order valence-electron chi connectivity index (χ2n) is 10.1. The molecule has 0 heterocycles. The summed E-state index contributed by atoms with van der Waals surface area (Å²) in [4.78, 5) is 36.8. The molecule has 6 atom stereocenters. The summed E-state index contributed by atoms with van der Waals surface area (Å²) in [6.45, 7) is 11.7. The van der Waals surface area contributed by atoms with Gasteiger partial charge < -0.3 is 4.74 Å². The predicted octanol–water partition coefficient (Wildman–Crippen LogP) is 4.58. The van der Waals surface area contributed by atoms with Crippen LogP contribution in [0, 0.1) is 28.6 Å². The van der Waals surface area contributed by atoms with Gasteiger partial charge in [0.15, 0.2) is 17.2 Å². The minimum absolute atomic E-state index is 0.0857. The average molecular weight is 385 g/mol. The smallest absolute Gasteiger partial charge is 0.303 e. The van der Waals surface area contributed by atoms with Crippen LogP contribution in [0.15, 0.2) is 23.8 Å². The molecule has 28 heavy (non-hydrogen) atoms. The molecule has 0 amide bonds. The van der Waals surface area contributed by atoms with Crippen molar-refractivity contribution < 1.29 is 19.1 Å². The van der Waals surface area contributed by atoms with Crippen molar-refractivity contribution in [2.24, 2.45) is 28.6 Å². The number of ketones is 2. The van der Waals surface area contributed by atoms with Gasteiger partial charge in [0, 0.05) is 18.8 Å². The number of carbonyl (C=O) groups excluding carboxylic acids is 3. The quantitative estimate of drug-likeness (QED) is 0.517. The van der Waals surface area contributed by atoms with Crippen LogP contribution in [0.5, 0.6) is 0 Å². The van der Waals surface area contributed by atoms with Crippen molar-refractivity contribution in [1.29, 1.82) is 0 Å². The van der Waals surface area contributed by atoms with Gasteiger partial charge in [0.25, 0.3) is 0 Å². The Balaban J connectivity index is 1.75. The zero-order chi connectivity index (χ0) is 20.5. The highest BCUT2D eigenvalue weighted by Crippen LogP contribution is 2.69. The van der Waals surface area contributed by atoms with Crippen LogP contribution in [-0.4, -0.2) is 23.1 Å². The molecule has 4 nitrogen and oxygen atoms in total. The largest absolute Gasteiger partial charge is 0.446 e. The van der Waals surface area contributed by atoms with Crippen molar-refractivity contribution in [1.82, 2.24) is 0 Å². The van der Waals surface area contributed by atoms with Crippen LogP contribution in [0.1, 0.15) is 72.6 Å². The van der Waals surface area contributed by atoms with Gasteiger partial charge in [-0.3, -0.25) is 14.4 Å². The average Bonchev–Trinajstić information content (AvgIpc) is 2.83. The Morgan fingerprint density at radius 3 is 2.46 bits per heavy atom.